The van der Waals surface area contributed by atoms with Gasteiger partial charge in [-0.2, -0.15) is 0 Å². The summed E-state index contributed by atoms with van der Waals surface area (Å²) in [4.78, 5) is 22.5. The fourth-order valence-corrected chi connectivity index (χ4v) is 2.88. The minimum atomic E-state index is -0.162. The second-order valence-corrected chi connectivity index (χ2v) is 6.06. The monoisotopic (exact) mass is 373 g/mol. The van der Waals surface area contributed by atoms with Gasteiger partial charge in [-0.3, -0.25) is 4.79 Å². The van der Waals surface area contributed by atoms with Gasteiger partial charge in [0.05, 0.1) is 20.8 Å². The lowest BCUT2D eigenvalue weighted by atomic mass is 10.1. The van der Waals surface area contributed by atoms with Crippen LogP contribution in [0, 0.1) is 0 Å². The molecule has 0 bridgehead atoms. The van der Waals surface area contributed by atoms with Crippen molar-refractivity contribution in [3.05, 3.63) is 36.7 Å². The van der Waals surface area contributed by atoms with E-state index in [0.717, 1.165) is 12.8 Å². The summed E-state index contributed by atoms with van der Waals surface area (Å²) in [6.07, 6.45) is 4.60. The molecule has 1 aromatic heterocycles. The molecule has 2 heterocycles. The molecular weight excluding hydrogens is 350 g/mol. The van der Waals surface area contributed by atoms with Gasteiger partial charge in [-0.05, 0) is 25.0 Å². The van der Waals surface area contributed by atoms with Crippen LogP contribution in [0.1, 0.15) is 12.8 Å². The Kier molecular flexibility index (Phi) is 6.30. The summed E-state index contributed by atoms with van der Waals surface area (Å²) in [5, 5.41) is 0. The highest BCUT2D eigenvalue weighted by Gasteiger charge is 2.26. The maximum Gasteiger partial charge on any atom is 0.278 e. The number of carbonyl (C=O) groups is 1. The Morgan fingerprint density at radius 2 is 1.93 bits per heavy atom. The Hall–Kier alpha value is -3.03. The third-order valence-electron chi connectivity index (χ3n) is 4.24. The second kappa shape index (κ2) is 9.07. The van der Waals surface area contributed by atoms with Crippen molar-refractivity contribution in [1.29, 1.82) is 0 Å². The molecule has 1 aliphatic rings. The maximum atomic E-state index is 12.5. The van der Waals surface area contributed by atoms with Crippen molar-refractivity contribution in [2.75, 3.05) is 33.9 Å². The summed E-state index contributed by atoms with van der Waals surface area (Å²) in [5.74, 6) is 1.87. The van der Waals surface area contributed by atoms with Crippen molar-refractivity contribution in [3.63, 3.8) is 0 Å². The standard InChI is InChI=1S/C19H23N3O5/c1-24-14-5-3-6-15(11-14)26-13-17(23)22-10-4-7-16(12-22)27-19-18(25-2)20-8-9-21-19/h3,5-6,8-9,11,16H,4,7,10,12-13H2,1-2H3. The third-order valence-corrected chi connectivity index (χ3v) is 4.24. The zero-order valence-corrected chi connectivity index (χ0v) is 15.5. The molecule has 144 valence electrons. The van der Waals surface area contributed by atoms with Gasteiger partial charge in [0.1, 0.15) is 17.6 Å². The van der Waals surface area contributed by atoms with Crippen LogP contribution in [-0.2, 0) is 4.79 Å². The average molecular weight is 373 g/mol. The fourth-order valence-electron chi connectivity index (χ4n) is 2.88. The molecule has 8 nitrogen and oxygen atoms in total. The number of aromatic nitrogens is 2. The number of hydrogen-bond donors (Lipinski definition) is 0. The molecule has 0 N–H and O–H groups in total. The van der Waals surface area contributed by atoms with Gasteiger partial charge in [0.2, 0.25) is 0 Å². The number of likely N-dealkylation sites (tertiary alicyclic amines) is 1. The van der Waals surface area contributed by atoms with Crippen LogP contribution in [0.15, 0.2) is 36.7 Å². The Morgan fingerprint density at radius 3 is 2.70 bits per heavy atom. The minimum absolute atomic E-state index is 0.0334. The number of amides is 1. The van der Waals surface area contributed by atoms with Crippen LogP contribution < -0.4 is 18.9 Å². The number of ether oxygens (including phenoxy) is 4. The van der Waals surface area contributed by atoms with Gasteiger partial charge in [-0.15, -0.1) is 0 Å². The van der Waals surface area contributed by atoms with E-state index in [1.807, 2.05) is 12.1 Å². The molecule has 0 radical (unpaired) electrons. The van der Waals surface area contributed by atoms with Crippen LogP contribution in [-0.4, -0.2) is 60.8 Å². The number of piperidine rings is 1. The predicted molar refractivity (Wildman–Crippen MR) is 97.3 cm³/mol. The van der Waals surface area contributed by atoms with Gasteiger partial charge in [-0.25, -0.2) is 9.97 Å². The average Bonchev–Trinajstić information content (AvgIpc) is 2.72. The lowest BCUT2D eigenvalue weighted by molar-refractivity contribution is -0.136. The zero-order chi connectivity index (χ0) is 19.1. The van der Waals surface area contributed by atoms with E-state index in [1.54, 1.807) is 30.3 Å². The molecule has 27 heavy (non-hydrogen) atoms. The van der Waals surface area contributed by atoms with E-state index in [2.05, 4.69) is 9.97 Å². The number of hydrogen-bond acceptors (Lipinski definition) is 7. The van der Waals surface area contributed by atoms with E-state index >= 15 is 0 Å². The highest BCUT2D eigenvalue weighted by molar-refractivity contribution is 5.78. The molecule has 0 saturated carbocycles. The summed E-state index contributed by atoms with van der Waals surface area (Å²) in [7, 11) is 3.10. The van der Waals surface area contributed by atoms with E-state index < -0.39 is 0 Å². The third kappa shape index (κ3) is 4.99. The Morgan fingerprint density at radius 1 is 1.15 bits per heavy atom. The normalized spacial score (nSPS) is 16.5. The maximum absolute atomic E-state index is 12.5. The van der Waals surface area contributed by atoms with Crippen molar-refractivity contribution in [1.82, 2.24) is 14.9 Å². The summed E-state index contributed by atoms with van der Waals surface area (Å²) in [6.45, 7) is 1.12. The molecule has 1 aromatic carbocycles. The Balaban J connectivity index is 1.54. The fraction of sp³-hybridized carbons (Fsp3) is 0.421. The number of methoxy groups -OCH3 is 2. The SMILES string of the molecule is COc1cccc(OCC(=O)N2CCCC(Oc3nccnc3OC)C2)c1. The molecule has 0 aliphatic carbocycles. The predicted octanol–water partition coefficient (Wildman–Crippen LogP) is 1.94. The highest BCUT2D eigenvalue weighted by atomic mass is 16.5. The van der Waals surface area contributed by atoms with Crippen LogP contribution >= 0.6 is 0 Å². The second-order valence-electron chi connectivity index (χ2n) is 6.06. The lowest BCUT2D eigenvalue weighted by Gasteiger charge is -2.32. The molecule has 1 unspecified atom stereocenters. The van der Waals surface area contributed by atoms with Crippen molar-refractivity contribution >= 4 is 5.91 Å². The summed E-state index contributed by atoms with van der Waals surface area (Å²) >= 11 is 0. The van der Waals surface area contributed by atoms with Crippen LogP contribution in [0.4, 0.5) is 0 Å². The van der Waals surface area contributed by atoms with Gasteiger partial charge in [-0.1, -0.05) is 6.07 Å². The molecule has 1 atom stereocenters. The first kappa shape index (κ1) is 18.8. The molecule has 1 saturated heterocycles. The number of nitrogens with zero attached hydrogens (tertiary/aromatic N) is 3. The highest BCUT2D eigenvalue weighted by Crippen LogP contribution is 2.24. The van der Waals surface area contributed by atoms with Crippen LogP contribution in [0.5, 0.6) is 23.3 Å². The topological polar surface area (TPSA) is 83.0 Å². The number of benzene rings is 1. The molecule has 3 rings (SSSR count). The van der Waals surface area contributed by atoms with Crippen LogP contribution in [0.3, 0.4) is 0 Å². The number of rotatable bonds is 7. The first-order valence-electron chi connectivity index (χ1n) is 8.76. The molecule has 1 fully saturated rings. The smallest absolute Gasteiger partial charge is 0.278 e. The zero-order valence-electron chi connectivity index (χ0n) is 15.5. The van der Waals surface area contributed by atoms with Gasteiger partial charge in [0, 0.05) is 25.0 Å². The summed E-state index contributed by atoms with van der Waals surface area (Å²) in [6, 6.07) is 7.17. The first-order valence-corrected chi connectivity index (χ1v) is 8.76. The largest absolute Gasteiger partial charge is 0.497 e. The van der Waals surface area contributed by atoms with Gasteiger partial charge in [0.25, 0.3) is 17.7 Å². The van der Waals surface area contributed by atoms with E-state index in [1.165, 1.54) is 13.3 Å². The van der Waals surface area contributed by atoms with Crippen molar-refractivity contribution in [2.45, 2.75) is 18.9 Å². The van der Waals surface area contributed by atoms with Crippen LogP contribution in [0.25, 0.3) is 0 Å². The summed E-state index contributed by atoms with van der Waals surface area (Å²) < 4.78 is 21.8. The Bertz CT molecular complexity index is 771. The van der Waals surface area contributed by atoms with E-state index in [4.69, 9.17) is 18.9 Å². The van der Waals surface area contributed by atoms with Gasteiger partial charge in [0.15, 0.2) is 6.61 Å². The van der Waals surface area contributed by atoms with Crippen molar-refractivity contribution in [3.8, 4) is 23.3 Å². The lowest BCUT2D eigenvalue weighted by Crippen LogP contribution is -2.46. The molecule has 8 heteroatoms. The minimum Gasteiger partial charge on any atom is -0.497 e. The molecule has 0 spiro atoms. The van der Waals surface area contributed by atoms with Gasteiger partial charge < -0.3 is 23.8 Å². The van der Waals surface area contributed by atoms with Crippen molar-refractivity contribution in [2.24, 2.45) is 0 Å². The molecule has 1 amide bonds. The first-order chi connectivity index (χ1) is 13.2. The van der Waals surface area contributed by atoms with E-state index in [-0.39, 0.29) is 18.6 Å². The molecule has 1 aliphatic heterocycles. The summed E-state index contributed by atoms with van der Waals surface area (Å²) in [5.41, 5.74) is 0. The quantitative estimate of drug-likeness (QED) is 0.733. The van der Waals surface area contributed by atoms with Crippen molar-refractivity contribution < 1.29 is 23.7 Å². The van der Waals surface area contributed by atoms with Gasteiger partial charge >= 0.3 is 0 Å². The van der Waals surface area contributed by atoms with E-state index in [0.29, 0.717) is 36.3 Å². The Labute approximate surface area is 158 Å². The number of carbonyl (C=O) groups excluding carboxylic acids is 1. The molecule has 2 aromatic rings. The molecular formula is C19H23N3O5. The van der Waals surface area contributed by atoms with E-state index in [9.17, 15) is 4.79 Å². The van der Waals surface area contributed by atoms with Crippen LogP contribution in [0.2, 0.25) is 0 Å².